The highest BCUT2D eigenvalue weighted by molar-refractivity contribution is 7.11. The number of nitrogens with zero attached hydrogens (tertiary/aromatic N) is 3. The van der Waals surface area contributed by atoms with Crippen LogP contribution in [0.5, 0.6) is 11.5 Å². The molecule has 3 rings (SSSR count). The van der Waals surface area contributed by atoms with Gasteiger partial charge in [-0.05, 0) is 27.2 Å². The minimum Gasteiger partial charge on any atom is -0.497 e. The molecule has 164 valence electrons. The number of aliphatic imine (C=N–C) groups is 1. The Bertz CT molecular complexity index is 845. The second-order valence-corrected chi connectivity index (χ2v) is 8.69. The molecule has 2 aromatic rings. The average Bonchev–Trinajstić information content (AvgIpc) is 3.33. The summed E-state index contributed by atoms with van der Waals surface area (Å²) in [6.07, 6.45) is 1.98. The zero-order valence-electron chi connectivity index (χ0n) is 18.6. The van der Waals surface area contributed by atoms with Gasteiger partial charge in [0.25, 0.3) is 0 Å². The summed E-state index contributed by atoms with van der Waals surface area (Å²) < 4.78 is 10.8. The van der Waals surface area contributed by atoms with E-state index in [1.54, 1.807) is 25.6 Å². The normalized spacial score (nSPS) is 16.6. The van der Waals surface area contributed by atoms with Crippen molar-refractivity contribution in [2.45, 2.75) is 39.7 Å². The van der Waals surface area contributed by atoms with Crippen LogP contribution < -0.4 is 25.0 Å². The Hall–Kier alpha value is -2.48. The van der Waals surface area contributed by atoms with Gasteiger partial charge in [0, 0.05) is 67.4 Å². The number of ether oxygens (including phenoxy) is 2. The second-order valence-electron chi connectivity index (χ2n) is 7.40. The van der Waals surface area contributed by atoms with Gasteiger partial charge in [-0.25, -0.2) is 4.98 Å². The van der Waals surface area contributed by atoms with E-state index in [-0.39, 0.29) is 0 Å². The topological polar surface area (TPSA) is 71.0 Å². The highest BCUT2D eigenvalue weighted by Gasteiger charge is 2.24. The van der Waals surface area contributed by atoms with E-state index in [4.69, 9.17) is 14.5 Å². The Morgan fingerprint density at radius 3 is 2.57 bits per heavy atom. The lowest BCUT2D eigenvalue weighted by Crippen LogP contribution is -2.44. The maximum Gasteiger partial charge on any atom is 0.191 e. The maximum atomic E-state index is 5.42. The molecule has 1 atom stereocenters. The number of anilines is 1. The average molecular weight is 432 g/mol. The molecular weight excluding hydrogens is 398 g/mol. The van der Waals surface area contributed by atoms with Crippen molar-refractivity contribution in [3.05, 3.63) is 33.8 Å². The minimum atomic E-state index is 0.340. The van der Waals surface area contributed by atoms with E-state index in [0.29, 0.717) is 6.04 Å². The first-order chi connectivity index (χ1) is 14.5. The molecule has 7 nitrogen and oxygen atoms in total. The van der Waals surface area contributed by atoms with Gasteiger partial charge in [-0.1, -0.05) is 0 Å². The summed E-state index contributed by atoms with van der Waals surface area (Å²) in [6, 6.07) is 6.36. The highest BCUT2D eigenvalue weighted by atomic mass is 32.1. The summed E-state index contributed by atoms with van der Waals surface area (Å²) in [5.74, 6) is 2.50. The van der Waals surface area contributed by atoms with E-state index in [0.717, 1.165) is 72.9 Å². The van der Waals surface area contributed by atoms with Crippen LogP contribution in [0.4, 0.5) is 5.69 Å². The SMILES string of the molecule is CCNC(=NCCc1sc(C)nc1C)NC1CCN(c2cc(OC)cc(OC)c2)C1. The minimum absolute atomic E-state index is 0.340. The Morgan fingerprint density at radius 2 is 1.97 bits per heavy atom. The summed E-state index contributed by atoms with van der Waals surface area (Å²) in [5, 5.41) is 8.10. The number of guanidine groups is 1. The monoisotopic (exact) mass is 431 g/mol. The fraction of sp³-hybridized carbons (Fsp3) is 0.545. The van der Waals surface area contributed by atoms with Gasteiger partial charge < -0.3 is 25.0 Å². The first kappa shape index (κ1) is 22.2. The number of nitrogens with one attached hydrogen (secondary N) is 2. The molecular formula is C22H33N5O2S. The van der Waals surface area contributed by atoms with Gasteiger partial charge in [-0.2, -0.15) is 0 Å². The largest absolute Gasteiger partial charge is 0.497 e. The number of aryl methyl sites for hydroxylation is 2. The van der Waals surface area contributed by atoms with Gasteiger partial charge in [-0.3, -0.25) is 4.99 Å². The molecule has 0 radical (unpaired) electrons. The molecule has 8 heteroatoms. The number of thiazole rings is 1. The quantitative estimate of drug-likeness (QED) is 0.494. The Kier molecular flexibility index (Phi) is 7.79. The molecule has 1 aliphatic heterocycles. The molecule has 0 aliphatic carbocycles. The summed E-state index contributed by atoms with van der Waals surface area (Å²) in [4.78, 5) is 13.0. The van der Waals surface area contributed by atoms with Crippen LogP contribution in [0.25, 0.3) is 0 Å². The van der Waals surface area contributed by atoms with Crippen molar-refractivity contribution in [2.75, 3.05) is 45.3 Å². The molecule has 30 heavy (non-hydrogen) atoms. The molecule has 2 N–H and O–H groups in total. The van der Waals surface area contributed by atoms with E-state index < -0.39 is 0 Å². The van der Waals surface area contributed by atoms with Crippen LogP contribution in [0, 0.1) is 13.8 Å². The van der Waals surface area contributed by atoms with Crippen molar-refractivity contribution >= 4 is 23.0 Å². The lowest BCUT2D eigenvalue weighted by molar-refractivity contribution is 0.394. The van der Waals surface area contributed by atoms with E-state index in [2.05, 4.69) is 53.4 Å². The molecule has 0 bridgehead atoms. The van der Waals surface area contributed by atoms with E-state index in [1.165, 1.54) is 4.88 Å². The van der Waals surface area contributed by atoms with Crippen LogP contribution in [0.15, 0.2) is 23.2 Å². The van der Waals surface area contributed by atoms with E-state index >= 15 is 0 Å². The number of aromatic nitrogens is 1. The third kappa shape index (κ3) is 5.78. The molecule has 0 saturated carbocycles. The third-order valence-corrected chi connectivity index (χ3v) is 6.32. The van der Waals surface area contributed by atoms with Crippen molar-refractivity contribution in [1.82, 2.24) is 15.6 Å². The number of benzene rings is 1. The molecule has 0 spiro atoms. The molecule has 1 unspecified atom stereocenters. The summed E-state index contributed by atoms with van der Waals surface area (Å²) in [5.41, 5.74) is 2.25. The van der Waals surface area contributed by atoms with Crippen molar-refractivity contribution in [2.24, 2.45) is 4.99 Å². The Labute approximate surface area is 183 Å². The zero-order valence-corrected chi connectivity index (χ0v) is 19.4. The molecule has 0 amide bonds. The van der Waals surface area contributed by atoms with Gasteiger partial charge >= 0.3 is 0 Å². The van der Waals surface area contributed by atoms with Crippen molar-refractivity contribution < 1.29 is 9.47 Å². The standard InChI is InChI=1S/C22H33N5O2S/c1-6-23-22(24-9-7-21-15(2)25-16(3)30-21)26-17-8-10-27(14-17)18-11-19(28-4)13-20(12-18)29-5/h11-13,17H,6-10,14H2,1-5H3,(H2,23,24,26). The lowest BCUT2D eigenvalue weighted by atomic mass is 10.2. The summed E-state index contributed by atoms with van der Waals surface area (Å²) in [6.45, 7) is 9.71. The predicted octanol–water partition coefficient (Wildman–Crippen LogP) is 3.15. The van der Waals surface area contributed by atoms with Crippen molar-refractivity contribution in [3.8, 4) is 11.5 Å². The number of hydrogen-bond acceptors (Lipinski definition) is 6. The molecule has 1 aliphatic rings. The van der Waals surface area contributed by atoms with E-state index in [9.17, 15) is 0 Å². The maximum absolute atomic E-state index is 5.42. The van der Waals surface area contributed by atoms with Gasteiger partial charge in [0.15, 0.2) is 5.96 Å². The zero-order chi connectivity index (χ0) is 21.5. The molecule has 1 fully saturated rings. The number of methoxy groups -OCH3 is 2. The van der Waals surface area contributed by atoms with Gasteiger partial charge in [0.1, 0.15) is 11.5 Å². The van der Waals surface area contributed by atoms with Gasteiger partial charge in [0.2, 0.25) is 0 Å². The smallest absolute Gasteiger partial charge is 0.191 e. The molecule has 1 aromatic carbocycles. The van der Waals surface area contributed by atoms with Crippen LogP contribution in [0.1, 0.15) is 28.9 Å². The first-order valence-electron chi connectivity index (χ1n) is 10.5. The van der Waals surface area contributed by atoms with E-state index in [1.807, 2.05) is 6.07 Å². The Balaban J connectivity index is 1.59. The fourth-order valence-corrected chi connectivity index (χ4v) is 4.60. The first-order valence-corrected chi connectivity index (χ1v) is 11.3. The van der Waals surface area contributed by atoms with Crippen LogP contribution in [-0.4, -0.2) is 57.4 Å². The number of rotatable bonds is 8. The lowest BCUT2D eigenvalue weighted by Gasteiger charge is -2.21. The predicted molar refractivity (Wildman–Crippen MR) is 125 cm³/mol. The molecule has 1 saturated heterocycles. The van der Waals surface area contributed by atoms with Crippen LogP contribution in [0.3, 0.4) is 0 Å². The van der Waals surface area contributed by atoms with Crippen molar-refractivity contribution in [1.29, 1.82) is 0 Å². The number of hydrogen-bond donors (Lipinski definition) is 2. The van der Waals surface area contributed by atoms with Gasteiger partial charge in [0.05, 0.1) is 24.9 Å². The van der Waals surface area contributed by atoms with Gasteiger partial charge in [-0.15, -0.1) is 11.3 Å². The third-order valence-electron chi connectivity index (χ3n) is 5.18. The summed E-state index contributed by atoms with van der Waals surface area (Å²) in [7, 11) is 3.36. The molecule has 1 aromatic heterocycles. The van der Waals surface area contributed by atoms with Crippen molar-refractivity contribution in [3.63, 3.8) is 0 Å². The second kappa shape index (κ2) is 10.5. The van der Waals surface area contributed by atoms with Crippen LogP contribution in [-0.2, 0) is 6.42 Å². The fourth-order valence-electron chi connectivity index (χ4n) is 3.68. The van der Waals surface area contributed by atoms with Crippen LogP contribution >= 0.6 is 11.3 Å². The Morgan fingerprint density at radius 1 is 1.23 bits per heavy atom. The van der Waals surface area contributed by atoms with Crippen LogP contribution in [0.2, 0.25) is 0 Å². The highest BCUT2D eigenvalue weighted by Crippen LogP contribution is 2.30. The molecule has 2 heterocycles. The summed E-state index contributed by atoms with van der Waals surface area (Å²) >= 11 is 1.77.